The molecule has 1 aliphatic heterocycles. The standard InChI is InChI=1S/C20H24N2O4S/c1-15-4-6-16(7-5-15)8-11-20(23)21-17-9-10-19(26-2)18(14-17)22-12-3-13-27(22,24)25/h4-7,9-10,14H,3,8,11-13H2,1-2H3,(H,21,23). The van der Waals surface area contributed by atoms with Crippen molar-refractivity contribution >= 4 is 27.3 Å². The SMILES string of the molecule is COc1ccc(NC(=O)CCc2ccc(C)cc2)cc1N1CCCS1(=O)=O. The molecule has 0 spiro atoms. The van der Waals surface area contributed by atoms with Crippen LogP contribution < -0.4 is 14.4 Å². The number of nitrogens with zero attached hydrogens (tertiary/aromatic N) is 1. The van der Waals surface area contributed by atoms with E-state index < -0.39 is 10.0 Å². The maximum Gasteiger partial charge on any atom is 0.235 e. The van der Waals surface area contributed by atoms with Crippen LogP contribution in [0.1, 0.15) is 24.0 Å². The Morgan fingerprint density at radius 2 is 1.93 bits per heavy atom. The molecule has 0 aromatic heterocycles. The van der Waals surface area contributed by atoms with E-state index in [1.165, 1.54) is 17.0 Å². The van der Waals surface area contributed by atoms with Crippen molar-refractivity contribution in [1.82, 2.24) is 0 Å². The Morgan fingerprint density at radius 3 is 2.56 bits per heavy atom. The molecule has 6 nitrogen and oxygen atoms in total. The molecule has 1 N–H and O–H groups in total. The van der Waals surface area contributed by atoms with E-state index in [2.05, 4.69) is 5.32 Å². The number of benzene rings is 2. The Labute approximate surface area is 160 Å². The molecule has 7 heteroatoms. The number of methoxy groups -OCH3 is 1. The molecule has 0 bridgehead atoms. The predicted molar refractivity (Wildman–Crippen MR) is 107 cm³/mol. The van der Waals surface area contributed by atoms with Gasteiger partial charge in [0.1, 0.15) is 5.75 Å². The number of hydrogen-bond donors (Lipinski definition) is 1. The second-order valence-electron chi connectivity index (χ2n) is 6.66. The largest absolute Gasteiger partial charge is 0.495 e. The molecular formula is C20H24N2O4S. The van der Waals surface area contributed by atoms with Gasteiger partial charge >= 0.3 is 0 Å². The van der Waals surface area contributed by atoms with Gasteiger partial charge in [0, 0.05) is 18.7 Å². The number of anilines is 2. The Bertz CT molecular complexity index is 923. The molecule has 144 valence electrons. The first-order valence-electron chi connectivity index (χ1n) is 8.93. The Kier molecular flexibility index (Phi) is 5.70. The van der Waals surface area contributed by atoms with E-state index in [9.17, 15) is 13.2 Å². The number of hydrogen-bond acceptors (Lipinski definition) is 4. The lowest BCUT2D eigenvalue weighted by molar-refractivity contribution is -0.116. The maximum atomic E-state index is 12.3. The molecule has 2 aromatic rings. The third-order valence-electron chi connectivity index (χ3n) is 4.59. The van der Waals surface area contributed by atoms with Crippen LogP contribution in [0.4, 0.5) is 11.4 Å². The number of aryl methyl sites for hydroxylation is 2. The van der Waals surface area contributed by atoms with Gasteiger partial charge in [0.05, 0.1) is 18.6 Å². The van der Waals surface area contributed by atoms with E-state index in [0.717, 1.165) is 5.56 Å². The molecule has 0 saturated carbocycles. The number of sulfonamides is 1. The van der Waals surface area contributed by atoms with Crippen LogP contribution in [0.25, 0.3) is 0 Å². The fourth-order valence-electron chi connectivity index (χ4n) is 3.11. The van der Waals surface area contributed by atoms with Crippen LogP contribution in [0.5, 0.6) is 5.75 Å². The lowest BCUT2D eigenvalue weighted by Gasteiger charge is -2.20. The van der Waals surface area contributed by atoms with Crippen molar-refractivity contribution in [2.45, 2.75) is 26.2 Å². The average molecular weight is 388 g/mol. The van der Waals surface area contributed by atoms with E-state index in [-0.39, 0.29) is 11.7 Å². The number of carbonyl (C=O) groups is 1. The van der Waals surface area contributed by atoms with E-state index in [1.807, 2.05) is 31.2 Å². The van der Waals surface area contributed by atoms with Gasteiger partial charge in [-0.3, -0.25) is 9.10 Å². The van der Waals surface area contributed by atoms with Crippen molar-refractivity contribution in [3.05, 3.63) is 53.6 Å². The third kappa shape index (κ3) is 4.60. The average Bonchev–Trinajstić information content (AvgIpc) is 3.00. The second-order valence-corrected chi connectivity index (χ2v) is 8.67. The second kappa shape index (κ2) is 8.00. The molecule has 27 heavy (non-hydrogen) atoms. The summed E-state index contributed by atoms with van der Waals surface area (Å²) in [6, 6.07) is 13.1. The molecule has 0 radical (unpaired) electrons. The summed E-state index contributed by atoms with van der Waals surface area (Å²) in [5.74, 6) is 0.484. The number of rotatable bonds is 6. The topological polar surface area (TPSA) is 75.7 Å². The van der Waals surface area contributed by atoms with Crippen LogP contribution in [0.15, 0.2) is 42.5 Å². The maximum absolute atomic E-state index is 12.3. The highest BCUT2D eigenvalue weighted by molar-refractivity contribution is 7.93. The van der Waals surface area contributed by atoms with E-state index in [0.29, 0.717) is 42.9 Å². The molecule has 1 fully saturated rings. The van der Waals surface area contributed by atoms with Gasteiger partial charge in [0.15, 0.2) is 0 Å². The van der Waals surface area contributed by atoms with Crippen LogP contribution >= 0.6 is 0 Å². The summed E-state index contributed by atoms with van der Waals surface area (Å²) in [4.78, 5) is 12.3. The highest BCUT2D eigenvalue weighted by Gasteiger charge is 2.30. The molecular weight excluding hydrogens is 364 g/mol. The number of ether oxygens (including phenoxy) is 1. The number of amides is 1. The molecule has 0 atom stereocenters. The summed E-state index contributed by atoms with van der Waals surface area (Å²) < 4.78 is 31.1. The monoisotopic (exact) mass is 388 g/mol. The Balaban J connectivity index is 1.70. The zero-order chi connectivity index (χ0) is 19.4. The van der Waals surface area contributed by atoms with Crippen molar-refractivity contribution in [3.8, 4) is 5.75 Å². The van der Waals surface area contributed by atoms with Crippen molar-refractivity contribution in [2.24, 2.45) is 0 Å². The van der Waals surface area contributed by atoms with E-state index >= 15 is 0 Å². The molecule has 0 aliphatic carbocycles. The Morgan fingerprint density at radius 1 is 1.19 bits per heavy atom. The summed E-state index contributed by atoms with van der Waals surface area (Å²) in [6.07, 6.45) is 1.58. The fourth-order valence-corrected chi connectivity index (χ4v) is 4.67. The van der Waals surface area contributed by atoms with Crippen molar-refractivity contribution in [1.29, 1.82) is 0 Å². The lowest BCUT2D eigenvalue weighted by atomic mass is 10.1. The van der Waals surface area contributed by atoms with Gasteiger partial charge in [0.25, 0.3) is 0 Å². The highest BCUT2D eigenvalue weighted by atomic mass is 32.2. The zero-order valence-corrected chi connectivity index (χ0v) is 16.4. The summed E-state index contributed by atoms with van der Waals surface area (Å²) in [6.45, 7) is 2.45. The first-order valence-corrected chi connectivity index (χ1v) is 10.5. The van der Waals surface area contributed by atoms with Gasteiger partial charge in [-0.15, -0.1) is 0 Å². The minimum atomic E-state index is -3.33. The third-order valence-corrected chi connectivity index (χ3v) is 6.45. The Hall–Kier alpha value is -2.54. The quantitative estimate of drug-likeness (QED) is 0.825. The van der Waals surface area contributed by atoms with E-state index in [1.54, 1.807) is 18.2 Å². The molecule has 1 heterocycles. The van der Waals surface area contributed by atoms with Gasteiger partial charge in [0.2, 0.25) is 15.9 Å². The molecule has 3 rings (SSSR count). The summed E-state index contributed by atoms with van der Waals surface area (Å²) >= 11 is 0. The normalized spacial score (nSPS) is 15.6. The zero-order valence-electron chi connectivity index (χ0n) is 15.6. The predicted octanol–water partition coefficient (Wildman–Crippen LogP) is 3.11. The van der Waals surface area contributed by atoms with Crippen molar-refractivity contribution < 1.29 is 17.9 Å². The number of carbonyl (C=O) groups excluding carboxylic acids is 1. The van der Waals surface area contributed by atoms with Crippen LogP contribution in [-0.2, 0) is 21.2 Å². The van der Waals surface area contributed by atoms with Gasteiger partial charge in [-0.25, -0.2) is 8.42 Å². The molecule has 1 saturated heterocycles. The molecule has 1 aliphatic rings. The van der Waals surface area contributed by atoms with Crippen molar-refractivity contribution in [2.75, 3.05) is 29.0 Å². The van der Waals surface area contributed by atoms with E-state index in [4.69, 9.17) is 4.74 Å². The highest BCUT2D eigenvalue weighted by Crippen LogP contribution is 2.35. The van der Waals surface area contributed by atoms with Crippen LogP contribution in [0.3, 0.4) is 0 Å². The van der Waals surface area contributed by atoms with Gasteiger partial charge in [-0.2, -0.15) is 0 Å². The van der Waals surface area contributed by atoms with Gasteiger partial charge in [-0.1, -0.05) is 29.8 Å². The smallest absolute Gasteiger partial charge is 0.235 e. The summed E-state index contributed by atoms with van der Waals surface area (Å²) in [5.41, 5.74) is 3.31. The summed E-state index contributed by atoms with van der Waals surface area (Å²) in [5, 5.41) is 2.85. The molecule has 1 amide bonds. The van der Waals surface area contributed by atoms with Crippen LogP contribution in [-0.4, -0.2) is 33.7 Å². The van der Waals surface area contributed by atoms with Crippen molar-refractivity contribution in [3.63, 3.8) is 0 Å². The first-order chi connectivity index (χ1) is 12.9. The van der Waals surface area contributed by atoms with Crippen LogP contribution in [0, 0.1) is 6.92 Å². The van der Waals surface area contributed by atoms with Gasteiger partial charge < -0.3 is 10.1 Å². The molecule has 0 unspecified atom stereocenters. The lowest BCUT2D eigenvalue weighted by Crippen LogP contribution is -2.25. The fraction of sp³-hybridized carbons (Fsp3) is 0.350. The first kappa shape index (κ1) is 19.2. The minimum Gasteiger partial charge on any atom is -0.495 e. The number of nitrogens with one attached hydrogen (secondary N) is 1. The molecule has 2 aromatic carbocycles. The van der Waals surface area contributed by atoms with Crippen LogP contribution in [0.2, 0.25) is 0 Å². The minimum absolute atomic E-state index is 0.115. The van der Waals surface area contributed by atoms with Gasteiger partial charge in [-0.05, 0) is 43.5 Å². The summed E-state index contributed by atoms with van der Waals surface area (Å²) in [7, 11) is -1.83.